The Bertz CT molecular complexity index is 1260. The molecule has 1 aromatic carbocycles. The van der Waals surface area contributed by atoms with Crippen LogP contribution in [0.15, 0.2) is 40.9 Å². The second kappa shape index (κ2) is 9.23. The number of benzene rings is 1. The molecule has 3 fully saturated rings. The summed E-state index contributed by atoms with van der Waals surface area (Å²) in [5, 5.41) is 11.0. The number of alkyl halides is 3. The minimum Gasteiger partial charge on any atom is -0.484 e. The first-order chi connectivity index (χ1) is 17.1. The van der Waals surface area contributed by atoms with Crippen molar-refractivity contribution in [3.63, 3.8) is 0 Å². The first kappa shape index (κ1) is 24.3. The first-order valence-corrected chi connectivity index (χ1v) is 11.4. The normalized spacial score (nSPS) is 22.7. The zero-order valence-corrected chi connectivity index (χ0v) is 19.3. The van der Waals surface area contributed by atoms with E-state index in [1.54, 1.807) is 0 Å². The molecule has 13 heteroatoms. The standard InChI is InChI=1S/C23H19ClF4N4O4/c24-15-3-1-13(5-16(15)25)34-10-19(33)30-17-8-22(6-12(17)7-22)21-32-31-20(36-21)11-35-14-2-4-18(29-9-14)23(26,27)28/h1-5,9,12,17H,6-8,10-11H2,(H,30,33). The van der Waals surface area contributed by atoms with Gasteiger partial charge in [0.1, 0.15) is 23.0 Å². The van der Waals surface area contributed by atoms with E-state index in [9.17, 15) is 22.4 Å². The number of hydrogen-bond acceptors (Lipinski definition) is 7. The minimum absolute atomic E-state index is 0.0322. The molecule has 0 radical (unpaired) electrons. The lowest BCUT2D eigenvalue weighted by Gasteiger charge is -2.34. The highest BCUT2D eigenvalue weighted by Crippen LogP contribution is 2.59. The number of rotatable bonds is 8. The zero-order valence-electron chi connectivity index (χ0n) is 18.5. The molecule has 3 aliphatic rings. The van der Waals surface area contributed by atoms with Crippen LogP contribution < -0.4 is 14.8 Å². The molecular weight excluding hydrogens is 508 g/mol. The van der Waals surface area contributed by atoms with Gasteiger partial charge in [0.15, 0.2) is 13.2 Å². The molecule has 0 saturated heterocycles. The number of pyridine rings is 1. The molecule has 190 valence electrons. The Morgan fingerprint density at radius 1 is 1.14 bits per heavy atom. The highest BCUT2D eigenvalue weighted by Gasteiger charge is 2.60. The third-order valence-corrected chi connectivity index (χ3v) is 6.71. The van der Waals surface area contributed by atoms with Gasteiger partial charge in [-0.1, -0.05) is 11.6 Å². The van der Waals surface area contributed by atoms with Crippen molar-refractivity contribution in [2.45, 2.75) is 43.5 Å². The van der Waals surface area contributed by atoms with Crippen molar-refractivity contribution < 1.29 is 36.2 Å². The van der Waals surface area contributed by atoms with Gasteiger partial charge in [-0.2, -0.15) is 13.2 Å². The van der Waals surface area contributed by atoms with Crippen LogP contribution in [0.3, 0.4) is 0 Å². The maximum atomic E-state index is 13.5. The lowest BCUT2D eigenvalue weighted by atomic mass is 9.69. The van der Waals surface area contributed by atoms with E-state index >= 15 is 0 Å². The smallest absolute Gasteiger partial charge is 0.433 e. The van der Waals surface area contributed by atoms with E-state index in [0.717, 1.165) is 31.2 Å². The van der Waals surface area contributed by atoms with Crippen molar-refractivity contribution in [3.05, 3.63) is 64.8 Å². The topological polar surface area (TPSA) is 99.4 Å². The van der Waals surface area contributed by atoms with Gasteiger partial charge in [-0.25, -0.2) is 9.37 Å². The highest BCUT2D eigenvalue weighted by molar-refractivity contribution is 6.30. The number of hydrogen-bond donors (Lipinski definition) is 1. The van der Waals surface area contributed by atoms with E-state index in [-0.39, 0.29) is 58.9 Å². The van der Waals surface area contributed by atoms with Crippen LogP contribution in [0, 0.1) is 11.7 Å². The van der Waals surface area contributed by atoms with E-state index in [0.29, 0.717) is 12.3 Å². The van der Waals surface area contributed by atoms with Gasteiger partial charge in [-0.15, -0.1) is 10.2 Å². The lowest BCUT2D eigenvalue weighted by molar-refractivity contribution is -0.141. The van der Waals surface area contributed by atoms with Crippen molar-refractivity contribution in [1.82, 2.24) is 20.5 Å². The molecule has 2 bridgehead atoms. The second-order valence-corrected chi connectivity index (χ2v) is 9.27. The number of ether oxygens (including phenoxy) is 2. The predicted molar refractivity (Wildman–Crippen MR) is 116 cm³/mol. The number of nitrogens with one attached hydrogen (secondary N) is 1. The van der Waals surface area contributed by atoms with Gasteiger partial charge in [0.05, 0.1) is 16.6 Å². The van der Waals surface area contributed by atoms with Gasteiger partial charge in [0, 0.05) is 12.1 Å². The molecule has 6 rings (SSSR count). The molecule has 0 aliphatic heterocycles. The van der Waals surface area contributed by atoms with Gasteiger partial charge in [0.2, 0.25) is 5.89 Å². The average molecular weight is 527 g/mol. The molecule has 36 heavy (non-hydrogen) atoms. The molecule has 3 aliphatic carbocycles. The summed E-state index contributed by atoms with van der Waals surface area (Å²) in [6, 6.07) is 5.85. The number of aromatic nitrogens is 3. The fourth-order valence-electron chi connectivity index (χ4n) is 4.68. The third-order valence-electron chi connectivity index (χ3n) is 6.40. The van der Waals surface area contributed by atoms with Crippen molar-refractivity contribution in [2.75, 3.05) is 6.61 Å². The van der Waals surface area contributed by atoms with Crippen LogP contribution in [0.2, 0.25) is 5.02 Å². The quantitative estimate of drug-likeness (QED) is 0.432. The average Bonchev–Trinajstić information content (AvgIpc) is 3.51. The molecular formula is C23H19ClF4N4O4. The fraction of sp³-hybridized carbons (Fsp3) is 0.391. The monoisotopic (exact) mass is 526 g/mol. The molecule has 8 nitrogen and oxygen atoms in total. The number of carbonyl (C=O) groups is 1. The zero-order chi connectivity index (χ0) is 25.5. The van der Waals surface area contributed by atoms with Gasteiger partial charge >= 0.3 is 6.18 Å². The lowest BCUT2D eigenvalue weighted by Crippen LogP contribution is -2.39. The van der Waals surface area contributed by atoms with Crippen molar-refractivity contribution in [2.24, 2.45) is 5.92 Å². The largest absolute Gasteiger partial charge is 0.484 e. The highest BCUT2D eigenvalue weighted by atomic mass is 35.5. The summed E-state index contributed by atoms with van der Waals surface area (Å²) in [5.74, 6) is 0.248. The van der Waals surface area contributed by atoms with Crippen molar-refractivity contribution in [3.8, 4) is 11.5 Å². The summed E-state index contributed by atoms with van der Waals surface area (Å²) >= 11 is 5.64. The molecule has 1 atom stereocenters. The van der Waals surface area contributed by atoms with Crippen molar-refractivity contribution >= 4 is 17.5 Å². The van der Waals surface area contributed by atoms with Gasteiger partial charge in [0.25, 0.3) is 11.8 Å². The molecule has 1 unspecified atom stereocenters. The molecule has 1 amide bonds. The number of carbonyl (C=O) groups excluding carboxylic acids is 1. The summed E-state index contributed by atoms with van der Waals surface area (Å²) in [6.45, 7) is -0.388. The number of fused-ring (bicyclic) bond motifs is 1. The second-order valence-electron chi connectivity index (χ2n) is 8.86. The summed E-state index contributed by atoms with van der Waals surface area (Å²) in [4.78, 5) is 15.7. The minimum atomic E-state index is -4.53. The van der Waals surface area contributed by atoms with E-state index in [4.69, 9.17) is 25.5 Å². The summed E-state index contributed by atoms with van der Waals surface area (Å²) in [7, 11) is 0. The van der Waals surface area contributed by atoms with E-state index < -0.39 is 17.7 Å². The van der Waals surface area contributed by atoms with Gasteiger partial charge < -0.3 is 19.2 Å². The SMILES string of the molecule is O=C(COc1ccc(Cl)c(F)c1)NC1CC2(c3nnc(COc4ccc(C(F)(F)F)nc4)o3)CC1C2. The third kappa shape index (κ3) is 4.95. The summed E-state index contributed by atoms with van der Waals surface area (Å²) < 4.78 is 67.8. The van der Waals surface area contributed by atoms with Crippen LogP contribution in [-0.2, 0) is 23.0 Å². The number of nitrogens with zero attached hydrogens (tertiary/aromatic N) is 3. The van der Waals surface area contributed by atoms with Gasteiger partial charge in [-0.05, 0) is 49.4 Å². The fourth-order valence-corrected chi connectivity index (χ4v) is 4.80. The Balaban J connectivity index is 1.11. The Hall–Kier alpha value is -3.41. The van der Waals surface area contributed by atoms with Crippen LogP contribution in [0.4, 0.5) is 17.6 Å². The van der Waals surface area contributed by atoms with Crippen molar-refractivity contribution in [1.29, 1.82) is 0 Å². The Morgan fingerprint density at radius 3 is 2.61 bits per heavy atom. The molecule has 2 heterocycles. The first-order valence-electron chi connectivity index (χ1n) is 11.0. The van der Waals surface area contributed by atoms with E-state index in [2.05, 4.69) is 20.5 Å². The Kier molecular flexibility index (Phi) is 6.23. The van der Waals surface area contributed by atoms with Crippen LogP contribution in [0.25, 0.3) is 0 Å². The molecule has 3 saturated carbocycles. The van der Waals surface area contributed by atoms with E-state index in [1.165, 1.54) is 18.2 Å². The Morgan fingerprint density at radius 2 is 1.92 bits per heavy atom. The maximum absolute atomic E-state index is 13.5. The maximum Gasteiger partial charge on any atom is 0.433 e. The molecule has 0 spiro atoms. The van der Waals surface area contributed by atoms with Crippen LogP contribution in [0.5, 0.6) is 11.5 Å². The number of amides is 1. The van der Waals surface area contributed by atoms with Crippen LogP contribution in [-0.4, -0.2) is 33.7 Å². The van der Waals surface area contributed by atoms with Crippen LogP contribution >= 0.6 is 11.6 Å². The van der Waals surface area contributed by atoms with Gasteiger partial charge in [-0.3, -0.25) is 4.79 Å². The summed E-state index contributed by atoms with van der Waals surface area (Å²) in [5.41, 5.74) is -1.36. The Labute approximate surface area is 207 Å². The molecule has 3 aromatic rings. The van der Waals surface area contributed by atoms with E-state index in [1.807, 2.05) is 0 Å². The van der Waals surface area contributed by atoms with Crippen LogP contribution in [0.1, 0.15) is 36.7 Å². The summed E-state index contributed by atoms with van der Waals surface area (Å²) in [6.07, 6.45) is -1.39. The molecule has 1 N–H and O–H groups in total. The predicted octanol–water partition coefficient (Wildman–Crippen LogP) is 4.47. The number of halogens is 5. The molecule has 2 aromatic heterocycles.